The normalized spacial score (nSPS) is 16.2. The number of carbonyl (C=O) groups excluding carboxylic acids is 1. The minimum absolute atomic E-state index is 0.254. The standard InChI is InChI=1S/C15H15ClN2O4/c1-17-2-4-18(5-3-17)11-7-9(16)6-10-12(19)8-13(15(20)21)22-14(10)11/h6-8H,2-5H2,1H3,(H,20,21)/p+1. The van der Waals surface area contributed by atoms with Crippen molar-refractivity contribution >= 4 is 34.2 Å². The molecule has 116 valence electrons. The zero-order chi connectivity index (χ0) is 15.9. The molecule has 6 nitrogen and oxygen atoms in total. The average Bonchev–Trinajstić information content (AvgIpc) is 2.48. The van der Waals surface area contributed by atoms with Crippen LogP contribution in [0.1, 0.15) is 10.6 Å². The Hall–Kier alpha value is -2.05. The maximum absolute atomic E-state index is 12.2. The summed E-state index contributed by atoms with van der Waals surface area (Å²) in [4.78, 5) is 27.7. The number of piperazine rings is 1. The number of fused-ring (bicyclic) bond motifs is 1. The van der Waals surface area contributed by atoms with Gasteiger partial charge in [-0.1, -0.05) is 11.6 Å². The zero-order valence-electron chi connectivity index (χ0n) is 12.1. The first kappa shape index (κ1) is 14.9. The lowest BCUT2D eigenvalue weighted by atomic mass is 10.1. The molecule has 0 amide bonds. The number of hydrogen-bond acceptors (Lipinski definition) is 5. The Bertz CT molecular complexity index is 794. The van der Waals surface area contributed by atoms with Crippen LogP contribution in [0.15, 0.2) is 27.4 Å². The Kier molecular flexibility index (Phi) is 3.80. The Labute approximate surface area is 131 Å². The molecule has 0 aliphatic carbocycles. The van der Waals surface area contributed by atoms with Gasteiger partial charge in [0, 0.05) is 37.3 Å². The van der Waals surface area contributed by atoms with Gasteiger partial charge in [0.1, 0.15) is 0 Å². The molecule has 1 aromatic heterocycles. The third-order valence-corrected chi connectivity index (χ3v) is 4.06. The summed E-state index contributed by atoms with van der Waals surface area (Å²) in [7, 11) is 2.05. The van der Waals surface area contributed by atoms with Gasteiger partial charge in [-0.25, -0.2) is 0 Å². The number of nitrogens with zero attached hydrogens (tertiary/aromatic N) is 2. The third-order valence-electron chi connectivity index (χ3n) is 3.84. The maximum Gasteiger partial charge on any atom is 0.585 e. The molecule has 7 heteroatoms. The summed E-state index contributed by atoms with van der Waals surface area (Å²) in [6.07, 6.45) is 0. The molecular formula is C15H16ClN2O4+. The highest BCUT2D eigenvalue weighted by molar-refractivity contribution is 6.31. The number of halogens is 1. The molecule has 1 saturated heterocycles. The largest absolute Gasteiger partial charge is 0.585 e. The summed E-state index contributed by atoms with van der Waals surface area (Å²) in [5, 5.41) is 7.92. The van der Waals surface area contributed by atoms with Gasteiger partial charge in [-0.15, -0.1) is 0 Å². The number of hydrogen-bond donors (Lipinski definition) is 0. The molecule has 0 saturated carbocycles. The zero-order valence-corrected chi connectivity index (χ0v) is 12.8. The van der Waals surface area contributed by atoms with E-state index < -0.39 is 5.97 Å². The minimum atomic E-state index is -1.02. The third kappa shape index (κ3) is 2.67. The summed E-state index contributed by atoms with van der Waals surface area (Å²) in [6.45, 7) is 3.31. The molecule has 1 aliphatic heterocycles. The van der Waals surface area contributed by atoms with Gasteiger partial charge in [0.15, 0.2) is 11.0 Å². The predicted octanol–water partition coefficient (Wildman–Crippen LogP) is 1.06. The molecule has 1 aliphatic rings. The molecule has 2 N–H and O–H groups in total. The molecule has 1 fully saturated rings. The highest BCUT2D eigenvalue weighted by atomic mass is 35.5. The first-order valence-corrected chi connectivity index (χ1v) is 7.30. The van der Waals surface area contributed by atoms with Crippen LogP contribution in [0.4, 0.5) is 5.69 Å². The van der Waals surface area contributed by atoms with Crippen molar-refractivity contribution in [2.45, 2.75) is 0 Å². The average molecular weight is 324 g/mol. The minimum Gasteiger partial charge on any atom is -0.559 e. The Morgan fingerprint density at radius 3 is 2.55 bits per heavy atom. The maximum atomic E-state index is 12.2. The lowest BCUT2D eigenvalue weighted by Gasteiger charge is -2.34. The van der Waals surface area contributed by atoms with Gasteiger partial charge in [-0.2, -0.15) is 0 Å². The van der Waals surface area contributed by atoms with Crippen LogP contribution in [-0.2, 0) is 0 Å². The van der Waals surface area contributed by atoms with E-state index in [1.54, 1.807) is 6.07 Å². The van der Waals surface area contributed by atoms with E-state index in [2.05, 4.69) is 9.80 Å². The second kappa shape index (κ2) is 5.62. The molecule has 3 rings (SSSR count). The van der Waals surface area contributed by atoms with E-state index in [-0.39, 0.29) is 11.2 Å². The Balaban J connectivity index is 2.20. The van der Waals surface area contributed by atoms with E-state index in [0.717, 1.165) is 32.2 Å². The first-order chi connectivity index (χ1) is 10.5. The highest BCUT2D eigenvalue weighted by Crippen LogP contribution is 2.30. The van der Waals surface area contributed by atoms with Crippen LogP contribution in [-0.4, -0.2) is 49.2 Å². The molecule has 22 heavy (non-hydrogen) atoms. The fourth-order valence-corrected chi connectivity index (χ4v) is 2.81. The molecule has 0 atom stereocenters. The molecule has 0 unspecified atom stereocenters. The van der Waals surface area contributed by atoms with Crippen LogP contribution in [0.25, 0.3) is 11.0 Å². The van der Waals surface area contributed by atoms with Gasteiger partial charge in [-0.3, -0.25) is 4.79 Å². The van der Waals surface area contributed by atoms with Crippen molar-refractivity contribution in [3.05, 3.63) is 39.2 Å². The van der Waals surface area contributed by atoms with Crippen molar-refractivity contribution in [3.8, 4) is 0 Å². The quantitative estimate of drug-likeness (QED) is 0.772. The van der Waals surface area contributed by atoms with Crippen molar-refractivity contribution in [1.82, 2.24) is 4.90 Å². The monoisotopic (exact) mass is 323 g/mol. The van der Waals surface area contributed by atoms with Crippen LogP contribution in [0, 0.1) is 0 Å². The lowest BCUT2D eigenvalue weighted by Crippen LogP contribution is -2.44. The van der Waals surface area contributed by atoms with Gasteiger partial charge < -0.3 is 19.3 Å². The second-order valence-corrected chi connectivity index (χ2v) is 5.83. The number of anilines is 1. The summed E-state index contributed by atoms with van der Waals surface area (Å²) < 4.78 is 5.52. The smallest absolute Gasteiger partial charge is 0.559 e. The highest BCUT2D eigenvalue weighted by Gasteiger charge is 2.23. The summed E-state index contributed by atoms with van der Waals surface area (Å²) in [5.74, 6) is -1.27. The van der Waals surface area contributed by atoms with Crippen molar-refractivity contribution in [3.63, 3.8) is 0 Å². The van der Waals surface area contributed by atoms with Crippen LogP contribution in [0.2, 0.25) is 5.02 Å². The summed E-state index contributed by atoms with van der Waals surface area (Å²) in [6, 6.07) is 4.30. The fourth-order valence-electron chi connectivity index (χ4n) is 2.60. The second-order valence-electron chi connectivity index (χ2n) is 5.40. The van der Waals surface area contributed by atoms with Crippen molar-refractivity contribution in [2.75, 3.05) is 38.1 Å². The topological polar surface area (TPSA) is 76.7 Å². The van der Waals surface area contributed by atoms with E-state index in [0.29, 0.717) is 21.7 Å². The number of benzene rings is 1. The van der Waals surface area contributed by atoms with Crippen LogP contribution >= 0.6 is 11.6 Å². The molecule has 2 heterocycles. The van der Waals surface area contributed by atoms with E-state index in [1.165, 1.54) is 6.07 Å². The first-order valence-electron chi connectivity index (χ1n) is 6.92. The van der Waals surface area contributed by atoms with Crippen LogP contribution in [0.5, 0.6) is 0 Å². The number of carbonyl (C=O) groups is 1. The molecule has 0 radical (unpaired) electrons. The molecule has 0 spiro atoms. The molecule has 1 aromatic carbocycles. The molecule has 0 bridgehead atoms. The fraction of sp³-hybridized carbons (Fsp3) is 0.333. The van der Waals surface area contributed by atoms with Crippen molar-refractivity contribution in [1.29, 1.82) is 0 Å². The van der Waals surface area contributed by atoms with Crippen molar-refractivity contribution in [2.24, 2.45) is 0 Å². The van der Waals surface area contributed by atoms with Gasteiger partial charge in [-0.05, 0) is 19.2 Å². The van der Waals surface area contributed by atoms with E-state index in [4.69, 9.17) is 21.1 Å². The van der Waals surface area contributed by atoms with Gasteiger partial charge >= 0.3 is 5.97 Å². The predicted molar refractivity (Wildman–Crippen MR) is 85.1 cm³/mol. The summed E-state index contributed by atoms with van der Waals surface area (Å²) in [5.41, 5.74) is 0.641. The van der Waals surface area contributed by atoms with Crippen LogP contribution < -0.4 is 10.3 Å². The number of likely N-dealkylation sites (N-methyl/N-ethyl adjacent to an activating group) is 1. The molecule has 2 aromatic rings. The van der Waals surface area contributed by atoms with Gasteiger partial charge in [0.05, 0.1) is 15.9 Å². The SMILES string of the molecule is CN1CCN(c2cc(Cl)cc3c(=O)cc(C(=O)[OH2+])oc23)CC1. The van der Waals surface area contributed by atoms with Crippen molar-refractivity contribution < 1.29 is 14.3 Å². The Morgan fingerprint density at radius 2 is 1.91 bits per heavy atom. The van der Waals surface area contributed by atoms with E-state index in [1.807, 2.05) is 7.05 Å². The van der Waals surface area contributed by atoms with Crippen LogP contribution in [0.3, 0.4) is 0 Å². The van der Waals surface area contributed by atoms with Gasteiger partial charge in [0.2, 0.25) is 0 Å². The van der Waals surface area contributed by atoms with Gasteiger partial charge in [0.25, 0.3) is 5.76 Å². The summed E-state index contributed by atoms with van der Waals surface area (Å²) >= 11 is 6.12. The lowest BCUT2D eigenvalue weighted by molar-refractivity contribution is 0.0663. The van der Waals surface area contributed by atoms with E-state index in [9.17, 15) is 9.59 Å². The Morgan fingerprint density at radius 1 is 1.23 bits per heavy atom. The molecular weight excluding hydrogens is 308 g/mol. The number of rotatable bonds is 2. The van der Waals surface area contributed by atoms with E-state index >= 15 is 0 Å².